The molecule has 0 aromatic heterocycles. The van der Waals surface area contributed by atoms with Crippen molar-refractivity contribution in [3.63, 3.8) is 0 Å². The van der Waals surface area contributed by atoms with Crippen molar-refractivity contribution in [2.24, 2.45) is 5.92 Å². The summed E-state index contributed by atoms with van der Waals surface area (Å²) in [6.07, 6.45) is 26.4. The Hall–Kier alpha value is -2.49. The Kier molecular flexibility index (Phi) is 19.0. The van der Waals surface area contributed by atoms with Crippen LogP contribution in [0.1, 0.15) is 106 Å². The molecule has 0 fully saturated rings. The van der Waals surface area contributed by atoms with E-state index in [1.165, 1.54) is 11.1 Å². The van der Waals surface area contributed by atoms with Crippen LogP contribution in [0.25, 0.3) is 0 Å². The Morgan fingerprint density at radius 2 is 1.67 bits per heavy atom. The van der Waals surface area contributed by atoms with E-state index in [4.69, 9.17) is 34.2 Å². The second kappa shape index (κ2) is 22.2. The molecule has 0 radical (unpaired) electrons. The van der Waals surface area contributed by atoms with E-state index in [0.717, 1.165) is 43.4 Å². The zero-order chi connectivity index (χ0) is 42.4. The van der Waals surface area contributed by atoms with Gasteiger partial charge < -0.3 is 27.8 Å². The Labute approximate surface area is 350 Å². The number of rotatable bonds is 21. The van der Waals surface area contributed by atoms with Gasteiger partial charge in [-0.25, -0.2) is 0 Å². The molecule has 8 heteroatoms. The first-order valence-electron chi connectivity index (χ1n) is 21.3. The van der Waals surface area contributed by atoms with E-state index in [1.54, 1.807) is 7.11 Å². The third-order valence-corrected chi connectivity index (χ3v) is 21.2. The predicted octanol–water partition coefficient (Wildman–Crippen LogP) is 12.7. The van der Waals surface area contributed by atoms with E-state index in [0.29, 0.717) is 32.0 Å². The van der Waals surface area contributed by atoms with Gasteiger partial charge in [-0.15, -0.1) is 12.3 Å². The fourth-order valence-corrected chi connectivity index (χ4v) is 9.22. The van der Waals surface area contributed by atoms with Gasteiger partial charge in [-0.2, -0.15) is 0 Å². The number of terminal acetylenes is 1. The van der Waals surface area contributed by atoms with Crippen molar-refractivity contribution < 1.29 is 27.8 Å². The first-order valence-corrected chi connectivity index (χ1v) is 27.1. The van der Waals surface area contributed by atoms with E-state index in [9.17, 15) is 0 Å². The summed E-state index contributed by atoms with van der Waals surface area (Å²) in [5, 5.41) is 0.0963. The van der Waals surface area contributed by atoms with Crippen LogP contribution in [0.2, 0.25) is 36.3 Å². The molecule has 2 aliphatic rings. The smallest absolute Gasteiger partial charge is 0.193 e. The molecule has 0 saturated heterocycles. The molecule has 0 N–H and O–H groups in total. The van der Waals surface area contributed by atoms with Gasteiger partial charge in [0.1, 0.15) is 5.75 Å². The summed E-state index contributed by atoms with van der Waals surface area (Å²) >= 11 is 0. The molecule has 57 heavy (non-hydrogen) atoms. The number of benzene rings is 1. The lowest BCUT2D eigenvalue weighted by Crippen LogP contribution is -2.47. The van der Waals surface area contributed by atoms with Crippen LogP contribution in [-0.2, 0) is 29.7 Å². The van der Waals surface area contributed by atoms with Crippen LogP contribution < -0.4 is 4.74 Å². The minimum Gasteiger partial charge on any atom is -0.497 e. The maximum absolute atomic E-state index is 7.22. The van der Waals surface area contributed by atoms with Gasteiger partial charge in [0.25, 0.3) is 0 Å². The van der Waals surface area contributed by atoms with Crippen molar-refractivity contribution in [2.75, 3.05) is 13.7 Å². The SMILES string of the molecule is C#CCC1C=CCC(CC(C)CC(=C)CC(C=CCC(OCc2ccc(OC)cc2)C(C=CC2CC(C)=CCO2)O[Si](C)(C)C(C)(C)C)O[Si](C)(C)C(C)(C)C)O1. The number of hydrogen-bond acceptors (Lipinski definition) is 6. The van der Waals surface area contributed by atoms with Crippen LogP contribution in [0.15, 0.2) is 84.5 Å². The van der Waals surface area contributed by atoms with E-state index < -0.39 is 16.6 Å². The highest BCUT2D eigenvalue weighted by atomic mass is 28.4. The Morgan fingerprint density at radius 1 is 1.00 bits per heavy atom. The summed E-state index contributed by atoms with van der Waals surface area (Å²) in [5.74, 6) is 4.00. The quantitative estimate of drug-likeness (QED) is 0.0700. The van der Waals surface area contributed by atoms with Gasteiger partial charge >= 0.3 is 0 Å². The van der Waals surface area contributed by atoms with Gasteiger partial charge in [0, 0.05) is 6.42 Å². The summed E-state index contributed by atoms with van der Waals surface area (Å²) in [5.41, 5.74) is 3.64. The minimum atomic E-state index is -2.20. The van der Waals surface area contributed by atoms with Crippen molar-refractivity contribution in [3.8, 4) is 18.1 Å². The van der Waals surface area contributed by atoms with Crippen LogP contribution in [-0.4, -0.2) is 67.0 Å². The van der Waals surface area contributed by atoms with Gasteiger partial charge in [0.15, 0.2) is 16.6 Å². The zero-order valence-corrected chi connectivity index (χ0v) is 40.0. The molecule has 2 heterocycles. The molecule has 318 valence electrons. The van der Waals surface area contributed by atoms with Crippen molar-refractivity contribution >= 4 is 16.6 Å². The van der Waals surface area contributed by atoms with Crippen LogP contribution in [0.5, 0.6) is 5.75 Å². The Morgan fingerprint density at radius 3 is 2.28 bits per heavy atom. The Bertz CT molecular complexity index is 1550. The molecule has 1 aromatic rings. The predicted molar refractivity (Wildman–Crippen MR) is 245 cm³/mol. The van der Waals surface area contributed by atoms with Crippen LogP contribution >= 0.6 is 0 Å². The highest BCUT2D eigenvalue weighted by Crippen LogP contribution is 2.40. The van der Waals surface area contributed by atoms with Crippen LogP contribution in [0, 0.1) is 18.3 Å². The van der Waals surface area contributed by atoms with Gasteiger partial charge in [-0.1, -0.05) is 121 Å². The topological polar surface area (TPSA) is 55.4 Å². The molecule has 7 unspecified atom stereocenters. The third kappa shape index (κ3) is 16.6. The standard InChI is InChI=1S/C49H78O6Si2/c1-16-19-42-20-17-21-44(53-42)34-38(3)32-39(4)35-45(54-56(12,13)48(5,6)7)22-18-23-46(52-36-40-24-26-41(50-11)27-25-40)47(55-57(14,15)49(8,9)10)29-28-43-33-37(2)30-31-51-43/h1,17-18,20,22,24-30,38,42-47H,4,19,21,23,31-36H2,2-3,5-15H3. The molecule has 0 saturated carbocycles. The lowest BCUT2D eigenvalue weighted by molar-refractivity contribution is -0.0204. The summed E-state index contributed by atoms with van der Waals surface area (Å²) in [4.78, 5) is 0. The highest BCUT2D eigenvalue weighted by Gasteiger charge is 2.41. The number of ether oxygens (including phenoxy) is 4. The van der Waals surface area contributed by atoms with Crippen LogP contribution in [0.3, 0.4) is 0 Å². The first-order chi connectivity index (χ1) is 26.6. The van der Waals surface area contributed by atoms with E-state index in [2.05, 4.69) is 149 Å². The normalized spacial score (nSPS) is 21.9. The maximum atomic E-state index is 7.22. The molecule has 0 bridgehead atoms. The number of hydrogen-bond donors (Lipinski definition) is 0. The molecule has 0 amide bonds. The molecule has 3 rings (SSSR count). The summed E-state index contributed by atoms with van der Waals surface area (Å²) in [6.45, 7) is 33.2. The second-order valence-corrected chi connectivity index (χ2v) is 29.0. The molecule has 0 aliphatic carbocycles. The monoisotopic (exact) mass is 819 g/mol. The first kappa shape index (κ1) is 48.9. The highest BCUT2D eigenvalue weighted by molar-refractivity contribution is 6.74. The lowest BCUT2D eigenvalue weighted by Gasteiger charge is -2.40. The average Bonchev–Trinajstić information content (AvgIpc) is 3.10. The fraction of sp³-hybridized carbons (Fsp3) is 0.633. The van der Waals surface area contributed by atoms with Gasteiger partial charge in [-0.05, 0) is 105 Å². The van der Waals surface area contributed by atoms with E-state index in [-0.39, 0.29) is 46.7 Å². The molecular formula is C49H78O6Si2. The zero-order valence-electron chi connectivity index (χ0n) is 38.0. The van der Waals surface area contributed by atoms with Gasteiger partial charge in [0.2, 0.25) is 0 Å². The minimum absolute atomic E-state index is 0.0135. The molecule has 6 nitrogen and oxygen atoms in total. The molecule has 2 aliphatic heterocycles. The second-order valence-electron chi connectivity index (χ2n) is 19.5. The largest absolute Gasteiger partial charge is 0.497 e. The summed E-state index contributed by atoms with van der Waals surface area (Å²) in [6, 6.07) is 8.11. The van der Waals surface area contributed by atoms with Crippen molar-refractivity contribution in [3.05, 3.63) is 90.1 Å². The van der Waals surface area contributed by atoms with Crippen molar-refractivity contribution in [2.45, 2.75) is 180 Å². The lowest BCUT2D eigenvalue weighted by atomic mass is 9.91. The van der Waals surface area contributed by atoms with Gasteiger partial charge in [-0.3, -0.25) is 0 Å². The maximum Gasteiger partial charge on any atom is 0.193 e. The molecule has 1 aromatic carbocycles. The average molecular weight is 819 g/mol. The van der Waals surface area contributed by atoms with Crippen LogP contribution in [0.4, 0.5) is 0 Å². The molecule has 0 spiro atoms. The number of methoxy groups -OCH3 is 1. The van der Waals surface area contributed by atoms with E-state index in [1.807, 2.05) is 12.1 Å². The van der Waals surface area contributed by atoms with Crippen molar-refractivity contribution in [1.82, 2.24) is 0 Å². The van der Waals surface area contributed by atoms with E-state index >= 15 is 0 Å². The van der Waals surface area contributed by atoms with Gasteiger partial charge in [0.05, 0.1) is 56.9 Å². The molecular weight excluding hydrogens is 741 g/mol. The molecule has 7 atom stereocenters. The third-order valence-electron chi connectivity index (χ3n) is 12.2. The van der Waals surface area contributed by atoms with Crippen molar-refractivity contribution in [1.29, 1.82) is 0 Å². The summed E-state index contributed by atoms with van der Waals surface area (Å²) < 4.78 is 39.1. The fourth-order valence-electron chi connectivity index (χ4n) is 6.68. The Balaban J connectivity index is 1.89. The summed E-state index contributed by atoms with van der Waals surface area (Å²) in [7, 11) is -2.62.